The third-order valence-corrected chi connectivity index (χ3v) is 2.05. The molecule has 0 saturated carbocycles. The van der Waals surface area contributed by atoms with Crippen LogP contribution in [0.5, 0.6) is 0 Å². The highest BCUT2D eigenvalue weighted by Gasteiger charge is 2.01. The van der Waals surface area contributed by atoms with Crippen LogP contribution in [0.4, 0.5) is 5.69 Å². The van der Waals surface area contributed by atoms with Gasteiger partial charge in [-0.3, -0.25) is 4.98 Å². The van der Waals surface area contributed by atoms with Crippen molar-refractivity contribution in [3.05, 3.63) is 24.0 Å². The minimum atomic E-state index is 0.208. The summed E-state index contributed by atoms with van der Waals surface area (Å²) in [5, 5.41) is 3.23. The number of nitrogens with zero attached hydrogens (tertiary/aromatic N) is 1. The molecule has 0 spiro atoms. The minimum absolute atomic E-state index is 0.208. The second-order valence-electron chi connectivity index (χ2n) is 3.22. The van der Waals surface area contributed by atoms with Gasteiger partial charge in [-0.15, -0.1) is 0 Å². The number of hydrogen-bond donors (Lipinski definition) is 2. The van der Waals surface area contributed by atoms with Gasteiger partial charge in [0.15, 0.2) is 0 Å². The van der Waals surface area contributed by atoms with Crippen LogP contribution in [0.15, 0.2) is 18.3 Å². The number of pyridine rings is 1. The van der Waals surface area contributed by atoms with Crippen molar-refractivity contribution >= 4 is 5.69 Å². The van der Waals surface area contributed by atoms with Gasteiger partial charge in [0.1, 0.15) is 0 Å². The molecule has 0 aliphatic heterocycles. The standard InChI is InChI=1S/C10H17N3O/c1-8(14-2)6-12-7-10-9(11)4-3-5-13-10/h3-5,8,12H,6-7,11H2,1-2H3. The summed E-state index contributed by atoms with van der Waals surface area (Å²) in [6.45, 7) is 3.49. The lowest BCUT2D eigenvalue weighted by Crippen LogP contribution is -2.26. The van der Waals surface area contributed by atoms with E-state index in [2.05, 4.69) is 10.3 Å². The summed E-state index contributed by atoms with van der Waals surface area (Å²) in [6.07, 6.45) is 1.95. The van der Waals surface area contributed by atoms with Gasteiger partial charge < -0.3 is 15.8 Å². The van der Waals surface area contributed by atoms with Gasteiger partial charge in [-0.25, -0.2) is 0 Å². The van der Waals surface area contributed by atoms with Crippen LogP contribution in [0.1, 0.15) is 12.6 Å². The number of nitrogens with two attached hydrogens (primary N) is 1. The third-order valence-electron chi connectivity index (χ3n) is 2.05. The average molecular weight is 195 g/mol. The van der Waals surface area contributed by atoms with Crippen molar-refractivity contribution in [2.24, 2.45) is 0 Å². The largest absolute Gasteiger partial charge is 0.397 e. The molecule has 1 aromatic heterocycles. The Morgan fingerprint density at radius 1 is 1.64 bits per heavy atom. The Kier molecular flexibility index (Phi) is 4.35. The Balaban J connectivity index is 2.35. The highest BCUT2D eigenvalue weighted by atomic mass is 16.5. The minimum Gasteiger partial charge on any atom is -0.397 e. The van der Waals surface area contributed by atoms with E-state index in [4.69, 9.17) is 10.5 Å². The first-order chi connectivity index (χ1) is 6.74. The van der Waals surface area contributed by atoms with Gasteiger partial charge in [-0.2, -0.15) is 0 Å². The Hall–Kier alpha value is -1.13. The Bertz CT molecular complexity index is 278. The van der Waals surface area contributed by atoms with Crippen LogP contribution in [0.2, 0.25) is 0 Å². The van der Waals surface area contributed by atoms with E-state index in [-0.39, 0.29) is 6.10 Å². The van der Waals surface area contributed by atoms with Gasteiger partial charge in [0.2, 0.25) is 0 Å². The Morgan fingerprint density at radius 3 is 3.07 bits per heavy atom. The van der Waals surface area contributed by atoms with Gasteiger partial charge in [0, 0.05) is 26.4 Å². The van der Waals surface area contributed by atoms with Crippen LogP contribution >= 0.6 is 0 Å². The van der Waals surface area contributed by atoms with Crippen molar-refractivity contribution in [2.45, 2.75) is 19.6 Å². The first kappa shape index (κ1) is 10.9. The fraction of sp³-hybridized carbons (Fsp3) is 0.500. The molecule has 3 N–H and O–H groups in total. The van der Waals surface area contributed by atoms with Crippen molar-refractivity contribution in [1.82, 2.24) is 10.3 Å². The molecule has 14 heavy (non-hydrogen) atoms. The predicted molar refractivity (Wildman–Crippen MR) is 56.8 cm³/mol. The first-order valence-electron chi connectivity index (χ1n) is 4.67. The highest BCUT2D eigenvalue weighted by Crippen LogP contribution is 2.05. The fourth-order valence-corrected chi connectivity index (χ4v) is 1.08. The van der Waals surface area contributed by atoms with E-state index in [1.165, 1.54) is 0 Å². The number of methoxy groups -OCH3 is 1. The lowest BCUT2D eigenvalue weighted by atomic mass is 10.3. The molecule has 0 aromatic carbocycles. The molecule has 0 saturated heterocycles. The molecule has 1 unspecified atom stereocenters. The van der Waals surface area contributed by atoms with Crippen LogP contribution in [-0.4, -0.2) is 24.7 Å². The van der Waals surface area contributed by atoms with Crippen molar-refractivity contribution < 1.29 is 4.74 Å². The molecule has 0 fully saturated rings. The quantitative estimate of drug-likeness (QED) is 0.729. The van der Waals surface area contributed by atoms with E-state index >= 15 is 0 Å². The summed E-state index contributed by atoms with van der Waals surface area (Å²) in [6, 6.07) is 3.68. The Morgan fingerprint density at radius 2 is 2.43 bits per heavy atom. The van der Waals surface area contributed by atoms with E-state index in [1.54, 1.807) is 13.3 Å². The summed E-state index contributed by atoms with van der Waals surface area (Å²) in [5.74, 6) is 0. The molecule has 0 aliphatic carbocycles. The molecule has 0 amide bonds. The monoisotopic (exact) mass is 195 g/mol. The maximum atomic E-state index is 5.74. The first-order valence-corrected chi connectivity index (χ1v) is 4.67. The number of aromatic nitrogens is 1. The number of hydrogen-bond acceptors (Lipinski definition) is 4. The van der Waals surface area contributed by atoms with Crippen LogP contribution in [0.3, 0.4) is 0 Å². The topological polar surface area (TPSA) is 60.2 Å². The molecule has 1 rings (SSSR count). The molecule has 4 nitrogen and oxygen atoms in total. The number of ether oxygens (including phenoxy) is 1. The van der Waals surface area contributed by atoms with Crippen LogP contribution < -0.4 is 11.1 Å². The summed E-state index contributed by atoms with van der Waals surface area (Å²) in [5.41, 5.74) is 7.35. The molecule has 0 radical (unpaired) electrons. The lowest BCUT2D eigenvalue weighted by Gasteiger charge is -2.10. The fourth-order valence-electron chi connectivity index (χ4n) is 1.08. The number of anilines is 1. The SMILES string of the molecule is COC(C)CNCc1ncccc1N. The molecule has 1 heterocycles. The van der Waals surface area contributed by atoms with Crippen molar-refractivity contribution in [3.8, 4) is 0 Å². The maximum Gasteiger partial charge on any atom is 0.0770 e. The van der Waals surface area contributed by atoms with Gasteiger partial charge in [-0.1, -0.05) is 0 Å². The predicted octanol–water partition coefficient (Wildman–Crippen LogP) is 0.788. The Labute approximate surface area is 84.5 Å². The number of nitrogens with one attached hydrogen (secondary N) is 1. The van der Waals surface area contributed by atoms with Crippen LogP contribution in [0.25, 0.3) is 0 Å². The van der Waals surface area contributed by atoms with Gasteiger partial charge in [-0.05, 0) is 19.1 Å². The van der Waals surface area contributed by atoms with E-state index in [0.717, 1.165) is 17.9 Å². The second kappa shape index (κ2) is 5.57. The van der Waals surface area contributed by atoms with E-state index in [0.29, 0.717) is 6.54 Å². The zero-order chi connectivity index (χ0) is 10.4. The third kappa shape index (κ3) is 3.32. The molecular weight excluding hydrogens is 178 g/mol. The van der Waals surface area contributed by atoms with E-state index in [1.807, 2.05) is 19.1 Å². The second-order valence-corrected chi connectivity index (χ2v) is 3.22. The van der Waals surface area contributed by atoms with Crippen molar-refractivity contribution in [2.75, 3.05) is 19.4 Å². The van der Waals surface area contributed by atoms with Gasteiger partial charge in [0.25, 0.3) is 0 Å². The lowest BCUT2D eigenvalue weighted by molar-refractivity contribution is 0.117. The zero-order valence-corrected chi connectivity index (χ0v) is 8.66. The molecular formula is C10H17N3O. The van der Waals surface area contributed by atoms with Crippen molar-refractivity contribution in [1.29, 1.82) is 0 Å². The van der Waals surface area contributed by atoms with Gasteiger partial charge >= 0.3 is 0 Å². The van der Waals surface area contributed by atoms with Gasteiger partial charge in [0.05, 0.1) is 17.5 Å². The number of nitrogen functional groups attached to an aromatic ring is 1. The summed E-state index contributed by atoms with van der Waals surface area (Å²) >= 11 is 0. The molecule has 78 valence electrons. The van der Waals surface area contributed by atoms with E-state index in [9.17, 15) is 0 Å². The summed E-state index contributed by atoms with van der Waals surface area (Å²) in [4.78, 5) is 4.17. The smallest absolute Gasteiger partial charge is 0.0770 e. The maximum absolute atomic E-state index is 5.74. The van der Waals surface area contributed by atoms with Crippen LogP contribution in [0, 0.1) is 0 Å². The average Bonchev–Trinajstić information content (AvgIpc) is 2.20. The normalized spacial score (nSPS) is 12.7. The van der Waals surface area contributed by atoms with E-state index < -0.39 is 0 Å². The van der Waals surface area contributed by atoms with Crippen molar-refractivity contribution in [3.63, 3.8) is 0 Å². The molecule has 4 heteroatoms. The molecule has 1 aromatic rings. The van der Waals surface area contributed by atoms with Crippen LogP contribution in [-0.2, 0) is 11.3 Å². The summed E-state index contributed by atoms with van der Waals surface area (Å²) < 4.78 is 5.10. The highest BCUT2D eigenvalue weighted by molar-refractivity contribution is 5.41. The molecule has 1 atom stereocenters. The zero-order valence-electron chi connectivity index (χ0n) is 8.66. The number of rotatable bonds is 5. The summed E-state index contributed by atoms with van der Waals surface area (Å²) in [7, 11) is 1.70. The molecule has 0 bridgehead atoms. The molecule has 0 aliphatic rings.